The number of anilines is 2. The molecule has 41 heavy (non-hydrogen) atoms. The van der Waals surface area contributed by atoms with Crippen LogP contribution in [-0.4, -0.2) is 38.3 Å². The number of halogens is 1. The van der Waals surface area contributed by atoms with E-state index in [0.717, 1.165) is 23.5 Å². The number of amides is 1. The fourth-order valence-corrected chi connectivity index (χ4v) is 7.12. The Labute approximate surface area is 248 Å². The van der Waals surface area contributed by atoms with Crippen LogP contribution in [0.25, 0.3) is 0 Å². The van der Waals surface area contributed by atoms with E-state index in [2.05, 4.69) is 27.1 Å². The predicted octanol–water partition coefficient (Wildman–Crippen LogP) is 6.19. The van der Waals surface area contributed by atoms with Crippen LogP contribution in [0.2, 0.25) is 5.02 Å². The van der Waals surface area contributed by atoms with Crippen molar-refractivity contribution in [3.8, 4) is 0 Å². The van der Waals surface area contributed by atoms with Crippen molar-refractivity contribution in [2.45, 2.75) is 31.3 Å². The summed E-state index contributed by atoms with van der Waals surface area (Å²) in [5, 5.41) is 3.73. The SMILES string of the molecule is CCOC(=O)c1c(NC(=O)c2cccc(NS(=O)(=O)c3ccc(Cl)cc3)c2)sc2c1CCN(Cc1ccccc1)C2. The topological polar surface area (TPSA) is 105 Å². The van der Waals surface area contributed by atoms with Gasteiger partial charge in [-0.25, -0.2) is 13.2 Å². The molecule has 3 aromatic carbocycles. The van der Waals surface area contributed by atoms with Crippen LogP contribution in [0.3, 0.4) is 0 Å². The number of nitrogens with one attached hydrogen (secondary N) is 2. The molecule has 2 N–H and O–H groups in total. The van der Waals surface area contributed by atoms with Crippen molar-refractivity contribution in [2.75, 3.05) is 23.2 Å². The van der Waals surface area contributed by atoms with Gasteiger partial charge < -0.3 is 10.1 Å². The molecule has 2 heterocycles. The molecule has 5 rings (SSSR count). The number of sulfonamides is 1. The molecular formula is C30H28ClN3O5S2. The van der Waals surface area contributed by atoms with Gasteiger partial charge in [0.2, 0.25) is 0 Å². The summed E-state index contributed by atoms with van der Waals surface area (Å²) in [5.74, 6) is -0.941. The highest BCUT2D eigenvalue weighted by atomic mass is 35.5. The number of ether oxygens (including phenoxy) is 1. The Morgan fingerprint density at radius 2 is 1.78 bits per heavy atom. The first kappa shape index (κ1) is 28.8. The van der Waals surface area contributed by atoms with Crippen molar-refractivity contribution < 1.29 is 22.7 Å². The van der Waals surface area contributed by atoms with Crippen molar-refractivity contribution in [1.82, 2.24) is 4.90 Å². The minimum Gasteiger partial charge on any atom is -0.462 e. The molecule has 11 heteroatoms. The quantitative estimate of drug-likeness (QED) is 0.219. The highest BCUT2D eigenvalue weighted by Crippen LogP contribution is 2.38. The second-order valence-electron chi connectivity index (χ2n) is 9.47. The maximum atomic E-state index is 13.3. The van der Waals surface area contributed by atoms with Crippen LogP contribution in [0, 0.1) is 0 Å². The van der Waals surface area contributed by atoms with Gasteiger partial charge in [0.1, 0.15) is 5.00 Å². The second kappa shape index (κ2) is 12.4. The number of hydrogen-bond donors (Lipinski definition) is 2. The van der Waals surface area contributed by atoms with Crippen molar-refractivity contribution in [3.05, 3.63) is 111 Å². The van der Waals surface area contributed by atoms with Gasteiger partial charge in [-0.3, -0.25) is 14.4 Å². The highest BCUT2D eigenvalue weighted by molar-refractivity contribution is 7.92. The van der Waals surface area contributed by atoms with Gasteiger partial charge in [-0.15, -0.1) is 11.3 Å². The van der Waals surface area contributed by atoms with E-state index in [1.54, 1.807) is 25.1 Å². The summed E-state index contributed by atoms with van der Waals surface area (Å²) in [6, 6.07) is 22.1. The number of carbonyl (C=O) groups is 2. The molecule has 4 aromatic rings. The summed E-state index contributed by atoms with van der Waals surface area (Å²) >= 11 is 7.24. The van der Waals surface area contributed by atoms with Crippen molar-refractivity contribution in [3.63, 3.8) is 0 Å². The Morgan fingerprint density at radius 3 is 2.51 bits per heavy atom. The molecule has 8 nitrogen and oxygen atoms in total. The van der Waals surface area contributed by atoms with Crippen LogP contribution >= 0.6 is 22.9 Å². The lowest BCUT2D eigenvalue weighted by Gasteiger charge is -2.27. The fraction of sp³-hybridized carbons (Fsp3) is 0.200. The number of fused-ring (bicyclic) bond motifs is 1. The van der Waals surface area contributed by atoms with E-state index in [4.69, 9.17) is 16.3 Å². The van der Waals surface area contributed by atoms with E-state index in [-0.39, 0.29) is 22.8 Å². The van der Waals surface area contributed by atoms with Crippen LogP contribution in [-0.2, 0) is 34.3 Å². The molecule has 0 saturated carbocycles. The summed E-state index contributed by atoms with van der Waals surface area (Å²) in [6.07, 6.45) is 0.657. The smallest absolute Gasteiger partial charge is 0.341 e. The number of nitrogens with zero attached hydrogens (tertiary/aromatic N) is 1. The van der Waals surface area contributed by atoms with Gasteiger partial charge >= 0.3 is 5.97 Å². The second-order valence-corrected chi connectivity index (χ2v) is 12.7. The van der Waals surface area contributed by atoms with Crippen LogP contribution in [0.4, 0.5) is 10.7 Å². The van der Waals surface area contributed by atoms with Crippen LogP contribution in [0.1, 0.15) is 43.6 Å². The van der Waals surface area contributed by atoms with E-state index in [1.165, 1.54) is 47.2 Å². The standard InChI is InChI=1S/C30H28ClN3O5S2/c1-2-39-30(36)27-25-15-16-34(18-20-7-4-3-5-8-20)19-26(25)40-29(27)32-28(35)21-9-6-10-23(17-21)33-41(37,38)24-13-11-22(31)12-14-24/h3-14,17,33H,2,15-16,18-19H2,1H3,(H,32,35). The largest absolute Gasteiger partial charge is 0.462 e. The average molecular weight is 610 g/mol. The molecule has 1 aromatic heterocycles. The highest BCUT2D eigenvalue weighted by Gasteiger charge is 2.30. The van der Waals surface area contributed by atoms with Crippen LogP contribution in [0.15, 0.2) is 83.8 Å². The maximum absolute atomic E-state index is 13.3. The number of carbonyl (C=O) groups excluding carboxylic acids is 2. The number of hydrogen-bond acceptors (Lipinski definition) is 7. The van der Waals surface area contributed by atoms with E-state index >= 15 is 0 Å². The zero-order valence-electron chi connectivity index (χ0n) is 22.2. The fourth-order valence-electron chi connectivity index (χ4n) is 4.67. The normalized spacial score (nSPS) is 13.3. The first-order valence-electron chi connectivity index (χ1n) is 13.0. The zero-order chi connectivity index (χ0) is 29.0. The third kappa shape index (κ3) is 6.79. The molecule has 0 spiro atoms. The Hall–Kier alpha value is -3.70. The van der Waals surface area contributed by atoms with Gasteiger partial charge in [0, 0.05) is 40.8 Å². The number of thiophene rings is 1. The molecule has 0 atom stereocenters. The first-order valence-corrected chi connectivity index (χ1v) is 15.7. The molecule has 1 aliphatic heterocycles. The molecule has 0 unspecified atom stereocenters. The monoisotopic (exact) mass is 609 g/mol. The minimum absolute atomic E-state index is 0.0429. The van der Waals surface area contributed by atoms with Gasteiger partial charge in [0.05, 0.1) is 17.1 Å². The molecular weight excluding hydrogens is 582 g/mol. The van der Waals surface area contributed by atoms with Gasteiger partial charge in [0.15, 0.2) is 0 Å². The Kier molecular flexibility index (Phi) is 8.74. The molecule has 0 aliphatic carbocycles. The van der Waals surface area contributed by atoms with Crippen molar-refractivity contribution in [1.29, 1.82) is 0 Å². The predicted molar refractivity (Wildman–Crippen MR) is 161 cm³/mol. The summed E-state index contributed by atoms with van der Waals surface area (Å²) in [6.45, 7) is 4.17. The maximum Gasteiger partial charge on any atom is 0.341 e. The molecule has 0 fully saturated rings. The molecule has 1 amide bonds. The summed E-state index contributed by atoms with van der Waals surface area (Å²) < 4.78 is 33.5. The molecule has 0 saturated heterocycles. The third-order valence-corrected chi connectivity index (χ3v) is 9.37. The van der Waals surface area contributed by atoms with Crippen molar-refractivity contribution in [2.24, 2.45) is 0 Å². The van der Waals surface area contributed by atoms with Gasteiger partial charge in [0.25, 0.3) is 15.9 Å². The number of rotatable bonds is 9. The average Bonchev–Trinajstić information content (AvgIpc) is 3.31. The number of benzene rings is 3. The van der Waals surface area contributed by atoms with Gasteiger partial charge in [-0.05, 0) is 66.9 Å². The van der Waals surface area contributed by atoms with Crippen LogP contribution < -0.4 is 10.0 Å². The van der Waals surface area contributed by atoms with Gasteiger partial charge in [-0.1, -0.05) is 48.0 Å². The van der Waals surface area contributed by atoms with E-state index < -0.39 is 21.9 Å². The van der Waals surface area contributed by atoms with Gasteiger partial charge in [-0.2, -0.15) is 0 Å². The zero-order valence-corrected chi connectivity index (χ0v) is 24.6. The third-order valence-electron chi connectivity index (χ3n) is 6.59. The summed E-state index contributed by atoms with van der Waals surface area (Å²) in [4.78, 5) is 29.7. The lowest BCUT2D eigenvalue weighted by atomic mass is 10.0. The lowest BCUT2D eigenvalue weighted by Crippen LogP contribution is -2.29. The Morgan fingerprint density at radius 1 is 1.02 bits per heavy atom. The Balaban J connectivity index is 1.36. The van der Waals surface area contributed by atoms with Crippen LogP contribution in [0.5, 0.6) is 0 Å². The van der Waals surface area contributed by atoms with Crippen molar-refractivity contribution >= 4 is 55.5 Å². The van der Waals surface area contributed by atoms with E-state index in [0.29, 0.717) is 28.6 Å². The first-order chi connectivity index (χ1) is 19.7. The minimum atomic E-state index is -3.89. The van der Waals surface area contributed by atoms with E-state index in [9.17, 15) is 18.0 Å². The lowest BCUT2D eigenvalue weighted by molar-refractivity contribution is 0.0526. The molecule has 212 valence electrons. The van der Waals surface area contributed by atoms with E-state index in [1.807, 2.05) is 18.2 Å². The molecule has 1 aliphatic rings. The molecule has 0 radical (unpaired) electrons. The Bertz CT molecular complexity index is 1670. The molecule has 0 bridgehead atoms. The number of esters is 1. The summed E-state index contributed by atoms with van der Waals surface area (Å²) in [7, 11) is -3.89. The summed E-state index contributed by atoms with van der Waals surface area (Å²) in [5.41, 5.74) is 2.95.